The standard InChI is InChI=1S/C15H19N3O2/c1-10-9-18(2)12(11-6-4-3-5-7-11)8-15(10)13(19)16-14(20)17-15/h3-7,10,12H,8-9H2,1-2H3,(H2,16,17,19,20)/p+1/t10-,12-,15-/m0/s1. The number of likely N-dealkylation sites (tertiary alicyclic amines) is 1. The molecule has 2 saturated heterocycles. The Hall–Kier alpha value is -1.88. The minimum Gasteiger partial charge on any atom is -0.331 e. The van der Waals surface area contributed by atoms with E-state index in [-0.39, 0.29) is 23.9 Å². The van der Waals surface area contributed by atoms with Crippen molar-refractivity contribution in [2.45, 2.75) is 24.9 Å². The van der Waals surface area contributed by atoms with Crippen LogP contribution in [0.3, 0.4) is 0 Å². The average molecular weight is 274 g/mol. The summed E-state index contributed by atoms with van der Waals surface area (Å²) in [6.07, 6.45) is 0.640. The van der Waals surface area contributed by atoms with Gasteiger partial charge in [0.2, 0.25) is 0 Å². The van der Waals surface area contributed by atoms with E-state index in [1.807, 2.05) is 25.1 Å². The Morgan fingerprint density at radius 2 is 1.95 bits per heavy atom. The molecule has 20 heavy (non-hydrogen) atoms. The fourth-order valence-corrected chi connectivity index (χ4v) is 3.58. The van der Waals surface area contributed by atoms with Gasteiger partial charge in [0.05, 0.1) is 13.6 Å². The van der Waals surface area contributed by atoms with Crippen LogP contribution in [-0.2, 0) is 4.79 Å². The Balaban J connectivity index is 1.95. The van der Waals surface area contributed by atoms with Crippen LogP contribution in [0.2, 0.25) is 0 Å². The molecule has 3 rings (SSSR count). The van der Waals surface area contributed by atoms with E-state index in [1.54, 1.807) is 0 Å². The number of carbonyl (C=O) groups excluding carboxylic acids is 2. The molecule has 106 valence electrons. The predicted molar refractivity (Wildman–Crippen MR) is 74.1 cm³/mol. The van der Waals surface area contributed by atoms with E-state index in [1.165, 1.54) is 10.5 Å². The van der Waals surface area contributed by atoms with Gasteiger partial charge in [0, 0.05) is 17.9 Å². The molecule has 0 aliphatic carbocycles. The van der Waals surface area contributed by atoms with Gasteiger partial charge in [0.1, 0.15) is 11.6 Å². The van der Waals surface area contributed by atoms with E-state index in [0.29, 0.717) is 6.42 Å². The second-order valence-corrected chi connectivity index (χ2v) is 6.00. The quantitative estimate of drug-likeness (QED) is 0.624. The lowest BCUT2D eigenvalue weighted by Crippen LogP contribution is -3.12. The molecule has 0 radical (unpaired) electrons. The van der Waals surface area contributed by atoms with Gasteiger partial charge in [-0.15, -0.1) is 0 Å². The number of imide groups is 1. The highest BCUT2D eigenvalue weighted by atomic mass is 16.2. The van der Waals surface area contributed by atoms with E-state index in [2.05, 4.69) is 29.8 Å². The third-order valence-corrected chi connectivity index (χ3v) is 4.76. The smallest absolute Gasteiger partial charge is 0.322 e. The highest BCUT2D eigenvalue weighted by Crippen LogP contribution is 2.33. The summed E-state index contributed by atoms with van der Waals surface area (Å²) < 4.78 is 0. The highest BCUT2D eigenvalue weighted by molar-refractivity contribution is 6.07. The van der Waals surface area contributed by atoms with Crippen LogP contribution in [-0.4, -0.2) is 31.1 Å². The molecule has 4 atom stereocenters. The summed E-state index contributed by atoms with van der Waals surface area (Å²) in [6.45, 7) is 2.89. The van der Waals surface area contributed by atoms with E-state index in [4.69, 9.17) is 0 Å². The van der Waals surface area contributed by atoms with Crippen LogP contribution in [0.25, 0.3) is 0 Å². The largest absolute Gasteiger partial charge is 0.331 e. The summed E-state index contributed by atoms with van der Waals surface area (Å²) in [5.74, 6) is -0.0580. The number of amides is 3. The molecule has 5 nitrogen and oxygen atoms in total. The Bertz CT molecular complexity index is 545. The summed E-state index contributed by atoms with van der Waals surface area (Å²) in [5, 5.41) is 5.27. The number of quaternary nitrogens is 1. The molecule has 2 fully saturated rings. The zero-order valence-corrected chi connectivity index (χ0v) is 11.8. The molecule has 1 aromatic rings. The van der Waals surface area contributed by atoms with Gasteiger partial charge in [-0.1, -0.05) is 37.3 Å². The van der Waals surface area contributed by atoms with Crippen molar-refractivity contribution < 1.29 is 14.5 Å². The van der Waals surface area contributed by atoms with Gasteiger partial charge in [-0.2, -0.15) is 0 Å². The molecular weight excluding hydrogens is 254 g/mol. The van der Waals surface area contributed by atoms with E-state index in [9.17, 15) is 9.59 Å². The second-order valence-electron chi connectivity index (χ2n) is 6.00. The first kappa shape index (κ1) is 13.1. The van der Waals surface area contributed by atoms with Gasteiger partial charge in [-0.05, 0) is 0 Å². The highest BCUT2D eigenvalue weighted by Gasteiger charge is 2.56. The molecular formula is C15H20N3O2+. The van der Waals surface area contributed by atoms with Crippen LogP contribution in [0, 0.1) is 5.92 Å². The Morgan fingerprint density at radius 3 is 2.55 bits per heavy atom. The van der Waals surface area contributed by atoms with Crippen LogP contribution < -0.4 is 15.5 Å². The number of hydrogen-bond donors (Lipinski definition) is 3. The van der Waals surface area contributed by atoms with Gasteiger partial charge in [-0.25, -0.2) is 4.79 Å². The van der Waals surface area contributed by atoms with Crippen molar-refractivity contribution in [2.24, 2.45) is 5.92 Å². The number of rotatable bonds is 1. The molecule has 3 N–H and O–H groups in total. The first-order valence-corrected chi connectivity index (χ1v) is 7.04. The molecule has 0 saturated carbocycles. The summed E-state index contributed by atoms with van der Waals surface area (Å²) in [4.78, 5) is 25.2. The van der Waals surface area contributed by atoms with E-state index in [0.717, 1.165) is 6.54 Å². The van der Waals surface area contributed by atoms with Crippen molar-refractivity contribution in [3.63, 3.8) is 0 Å². The summed E-state index contributed by atoms with van der Waals surface area (Å²) in [6, 6.07) is 10.1. The second kappa shape index (κ2) is 4.59. The van der Waals surface area contributed by atoms with Crippen molar-refractivity contribution in [1.29, 1.82) is 0 Å². The van der Waals surface area contributed by atoms with Crippen molar-refractivity contribution in [3.05, 3.63) is 35.9 Å². The molecule has 2 aliphatic heterocycles. The monoisotopic (exact) mass is 274 g/mol. The number of urea groups is 1. The normalized spacial score (nSPS) is 36.8. The van der Waals surface area contributed by atoms with Crippen molar-refractivity contribution in [2.75, 3.05) is 13.6 Å². The minimum atomic E-state index is -0.753. The predicted octanol–water partition coefficient (Wildman–Crippen LogP) is -0.140. The van der Waals surface area contributed by atoms with Crippen LogP contribution in [0.1, 0.15) is 24.9 Å². The summed E-state index contributed by atoms with van der Waals surface area (Å²) >= 11 is 0. The number of hydrogen-bond acceptors (Lipinski definition) is 2. The van der Waals surface area contributed by atoms with E-state index >= 15 is 0 Å². The van der Waals surface area contributed by atoms with Crippen LogP contribution in [0.4, 0.5) is 4.79 Å². The van der Waals surface area contributed by atoms with Crippen LogP contribution in [0.5, 0.6) is 0 Å². The first-order chi connectivity index (χ1) is 9.53. The molecule has 1 unspecified atom stereocenters. The maximum absolute atomic E-state index is 12.3. The Labute approximate surface area is 118 Å². The zero-order chi connectivity index (χ0) is 14.3. The third kappa shape index (κ3) is 1.89. The maximum atomic E-state index is 12.3. The van der Waals surface area contributed by atoms with Gasteiger partial charge in [0.25, 0.3) is 5.91 Å². The molecule has 5 heteroatoms. The fraction of sp³-hybridized carbons (Fsp3) is 0.467. The lowest BCUT2D eigenvalue weighted by molar-refractivity contribution is -0.922. The Kier molecular flexibility index (Phi) is 3.01. The van der Waals surface area contributed by atoms with Crippen molar-refractivity contribution >= 4 is 11.9 Å². The van der Waals surface area contributed by atoms with Gasteiger partial charge in [-0.3, -0.25) is 10.1 Å². The molecule has 1 spiro atoms. The molecule has 0 aromatic heterocycles. The van der Waals surface area contributed by atoms with Crippen LogP contribution >= 0.6 is 0 Å². The minimum absolute atomic E-state index is 0.119. The lowest BCUT2D eigenvalue weighted by atomic mass is 9.74. The summed E-state index contributed by atoms with van der Waals surface area (Å²) in [5.41, 5.74) is 0.460. The maximum Gasteiger partial charge on any atom is 0.322 e. The molecule has 2 aliphatic rings. The third-order valence-electron chi connectivity index (χ3n) is 4.76. The van der Waals surface area contributed by atoms with Gasteiger partial charge >= 0.3 is 6.03 Å². The zero-order valence-electron chi connectivity index (χ0n) is 11.8. The molecule has 2 heterocycles. The summed E-state index contributed by atoms with van der Waals surface area (Å²) in [7, 11) is 2.15. The fourth-order valence-electron chi connectivity index (χ4n) is 3.58. The number of piperidine rings is 1. The number of carbonyl (C=O) groups is 2. The topological polar surface area (TPSA) is 62.6 Å². The number of benzene rings is 1. The Morgan fingerprint density at radius 1 is 1.25 bits per heavy atom. The lowest BCUT2D eigenvalue weighted by Gasteiger charge is -2.43. The molecule has 3 amide bonds. The van der Waals surface area contributed by atoms with Crippen molar-refractivity contribution in [1.82, 2.24) is 10.6 Å². The first-order valence-electron chi connectivity index (χ1n) is 7.04. The van der Waals surface area contributed by atoms with Crippen molar-refractivity contribution in [3.8, 4) is 0 Å². The van der Waals surface area contributed by atoms with Gasteiger partial charge in [0.15, 0.2) is 0 Å². The van der Waals surface area contributed by atoms with E-state index < -0.39 is 5.54 Å². The van der Waals surface area contributed by atoms with Gasteiger partial charge < -0.3 is 10.2 Å². The van der Waals surface area contributed by atoms with Crippen LogP contribution in [0.15, 0.2) is 30.3 Å². The molecule has 0 bridgehead atoms. The molecule has 1 aromatic carbocycles. The average Bonchev–Trinajstić information content (AvgIpc) is 2.71. The number of nitrogens with one attached hydrogen (secondary N) is 3. The SMILES string of the molecule is C[C@H]1C[NH+](C)[C@H](c2ccccc2)C[C@]12NC(=O)NC2=O.